The lowest BCUT2D eigenvalue weighted by atomic mass is 10.1. The number of benzene rings is 1. The van der Waals surface area contributed by atoms with Crippen LogP contribution in [0, 0.1) is 5.82 Å². The fourth-order valence-corrected chi connectivity index (χ4v) is 3.07. The van der Waals surface area contributed by atoms with Crippen molar-refractivity contribution >= 4 is 12.1 Å². The van der Waals surface area contributed by atoms with Crippen molar-refractivity contribution < 1.29 is 9.18 Å². The molecule has 2 N–H and O–H groups in total. The minimum Gasteiger partial charge on any atom is -0.276 e. The molecule has 0 saturated heterocycles. The second-order valence-electron chi connectivity index (χ2n) is 7.08. The number of hydrogen-bond acceptors (Lipinski definition) is 3. The molecular weight excluding hydrogens is 355 g/mol. The number of H-pyrrole nitrogens is 1. The first-order valence-corrected chi connectivity index (χ1v) is 10.3. The molecule has 0 atom stereocenters. The zero-order valence-corrected chi connectivity index (χ0v) is 16.7. The Labute approximate surface area is 166 Å². The van der Waals surface area contributed by atoms with Crippen molar-refractivity contribution in [1.29, 1.82) is 0 Å². The van der Waals surface area contributed by atoms with Gasteiger partial charge in [-0.3, -0.25) is 9.89 Å². The molecule has 6 heteroatoms. The molecular formula is C22H31FN4O. The lowest BCUT2D eigenvalue weighted by Gasteiger charge is -2.02. The van der Waals surface area contributed by atoms with E-state index in [2.05, 4.69) is 27.6 Å². The van der Waals surface area contributed by atoms with Crippen molar-refractivity contribution in [2.24, 2.45) is 5.10 Å². The minimum absolute atomic E-state index is 0.0814. The molecule has 0 saturated carbocycles. The van der Waals surface area contributed by atoms with Crippen LogP contribution < -0.4 is 5.43 Å². The van der Waals surface area contributed by atoms with E-state index in [1.807, 2.05) is 0 Å². The van der Waals surface area contributed by atoms with E-state index in [0.717, 1.165) is 24.0 Å². The Balaban J connectivity index is 1.63. The number of unbranched alkanes of at least 4 members (excludes halogenated alkanes) is 8. The van der Waals surface area contributed by atoms with Crippen LogP contribution in [0.1, 0.15) is 76.8 Å². The van der Waals surface area contributed by atoms with Crippen molar-refractivity contribution in [2.75, 3.05) is 0 Å². The lowest BCUT2D eigenvalue weighted by molar-refractivity contribution is -0.121. The van der Waals surface area contributed by atoms with Gasteiger partial charge in [0.1, 0.15) is 5.82 Å². The molecule has 1 aromatic heterocycles. The van der Waals surface area contributed by atoms with Gasteiger partial charge in [-0.1, -0.05) is 70.4 Å². The van der Waals surface area contributed by atoms with Crippen molar-refractivity contribution in [2.45, 2.75) is 71.1 Å². The van der Waals surface area contributed by atoms with E-state index >= 15 is 0 Å². The standard InChI is InChI=1S/C22H31FN4O/c1-2-3-4-5-6-7-8-9-10-11-22(28)27-25-17-21-20(16-24-26-21)18-12-14-19(23)15-13-18/h12-17H,2-11H2,1H3,(H,24,26)(H,27,28)/b25-17+. The summed E-state index contributed by atoms with van der Waals surface area (Å²) in [5.41, 5.74) is 4.85. The lowest BCUT2D eigenvalue weighted by Crippen LogP contribution is -2.17. The molecule has 152 valence electrons. The highest BCUT2D eigenvalue weighted by Crippen LogP contribution is 2.21. The Kier molecular flexibility index (Phi) is 9.97. The minimum atomic E-state index is -0.286. The van der Waals surface area contributed by atoms with Crippen LogP contribution >= 0.6 is 0 Å². The summed E-state index contributed by atoms with van der Waals surface area (Å²) < 4.78 is 13.1. The SMILES string of the molecule is CCCCCCCCCCCC(=O)N/N=C/c1[nH]ncc1-c1ccc(F)cc1. The maximum absolute atomic E-state index is 13.1. The van der Waals surface area contributed by atoms with Gasteiger partial charge in [0, 0.05) is 12.0 Å². The van der Waals surface area contributed by atoms with E-state index in [-0.39, 0.29) is 11.7 Å². The van der Waals surface area contributed by atoms with Crippen LogP contribution in [-0.4, -0.2) is 22.3 Å². The van der Waals surface area contributed by atoms with E-state index in [0.29, 0.717) is 12.1 Å². The number of nitrogens with one attached hydrogen (secondary N) is 2. The number of aromatic nitrogens is 2. The van der Waals surface area contributed by atoms with Gasteiger partial charge in [0.25, 0.3) is 0 Å². The number of carbonyl (C=O) groups is 1. The number of hydrazone groups is 1. The zero-order valence-electron chi connectivity index (χ0n) is 16.7. The molecule has 0 fully saturated rings. The number of halogens is 1. The first kappa shape index (κ1) is 21.8. The summed E-state index contributed by atoms with van der Waals surface area (Å²) in [6.07, 6.45) is 14.7. The van der Waals surface area contributed by atoms with Crippen LogP contribution in [0.25, 0.3) is 11.1 Å². The Morgan fingerprint density at radius 3 is 2.39 bits per heavy atom. The highest BCUT2D eigenvalue weighted by atomic mass is 19.1. The number of amides is 1. The highest BCUT2D eigenvalue weighted by Gasteiger charge is 2.06. The molecule has 0 aliphatic rings. The predicted molar refractivity (Wildman–Crippen MR) is 112 cm³/mol. The fraction of sp³-hybridized carbons (Fsp3) is 0.500. The van der Waals surface area contributed by atoms with Crippen LogP contribution in [0.5, 0.6) is 0 Å². The Hall–Kier alpha value is -2.50. The van der Waals surface area contributed by atoms with E-state index in [9.17, 15) is 9.18 Å². The Morgan fingerprint density at radius 1 is 1.07 bits per heavy atom. The summed E-state index contributed by atoms with van der Waals surface area (Å²) in [6, 6.07) is 6.16. The third-order valence-corrected chi connectivity index (χ3v) is 4.71. The Morgan fingerprint density at radius 2 is 1.71 bits per heavy atom. The third-order valence-electron chi connectivity index (χ3n) is 4.71. The van der Waals surface area contributed by atoms with Gasteiger partial charge in [-0.2, -0.15) is 10.2 Å². The summed E-state index contributed by atoms with van der Waals surface area (Å²) >= 11 is 0. The smallest absolute Gasteiger partial charge is 0.240 e. The first-order valence-electron chi connectivity index (χ1n) is 10.3. The van der Waals surface area contributed by atoms with E-state index < -0.39 is 0 Å². The van der Waals surface area contributed by atoms with Crippen LogP contribution in [0.3, 0.4) is 0 Å². The Bertz CT molecular complexity index is 724. The summed E-state index contributed by atoms with van der Waals surface area (Å²) in [5, 5.41) is 10.8. The normalized spacial score (nSPS) is 11.2. The van der Waals surface area contributed by atoms with E-state index in [4.69, 9.17) is 0 Å². The summed E-state index contributed by atoms with van der Waals surface area (Å²) in [6.45, 7) is 2.23. The monoisotopic (exact) mass is 386 g/mol. The largest absolute Gasteiger partial charge is 0.276 e. The van der Waals surface area contributed by atoms with Crippen LogP contribution in [-0.2, 0) is 4.79 Å². The molecule has 0 aliphatic heterocycles. The fourth-order valence-electron chi connectivity index (χ4n) is 3.07. The van der Waals surface area contributed by atoms with Gasteiger partial charge in [-0.05, 0) is 24.1 Å². The molecule has 2 aromatic rings. The van der Waals surface area contributed by atoms with Crippen LogP contribution in [0.15, 0.2) is 35.6 Å². The molecule has 0 bridgehead atoms. The average molecular weight is 387 g/mol. The second kappa shape index (κ2) is 12.8. The predicted octanol–water partition coefficient (Wildman–Crippen LogP) is 5.59. The van der Waals surface area contributed by atoms with Crippen molar-refractivity contribution in [3.8, 4) is 11.1 Å². The second-order valence-corrected chi connectivity index (χ2v) is 7.08. The molecule has 5 nitrogen and oxygen atoms in total. The molecule has 2 rings (SSSR count). The van der Waals surface area contributed by atoms with Gasteiger partial charge < -0.3 is 0 Å². The molecule has 1 heterocycles. The van der Waals surface area contributed by atoms with Crippen LogP contribution in [0.2, 0.25) is 0 Å². The maximum atomic E-state index is 13.1. The van der Waals surface area contributed by atoms with Crippen molar-refractivity contribution in [3.05, 3.63) is 42.0 Å². The number of aromatic amines is 1. The molecule has 0 unspecified atom stereocenters. The highest BCUT2D eigenvalue weighted by molar-refractivity contribution is 5.88. The maximum Gasteiger partial charge on any atom is 0.240 e. The molecule has 28 heavy (non-hydrogen) atoms. The van der Waals surface area contributed by atoms with Crippen LogP contribution in [0.4, 0.5) is 4.39 Å². The number of nitrogens with zero attached hydrogens (tertiary/aromatic N) is 2. The quantitative estimate of drug-likeness (QED) is 0.268. The molecule has 0 aliphatic carbocycles. The first-order chi connectivity index (χ1) is 13.7. The van der Waals surface area contributed by atoms with Gasteiger partial charge in [0.2, 0.25) is 5.91 Å². The van der Waals surface area contributed by atoms with Gasteiger partial charge in [0.15, 0.2) is 0 Å². The topological polar surface area (TPSA) is 70.1 Å². The molecule has 0 radical (unpaired) electrons. The van der Waals surface area contributed by atoms with Gasteiger partial charge >= 0.3 is 0 Å². The zero-order chi connectivity index (χ0) is 20.0. The number of hydrogen-bond donors (Lipinski definition) is 2. The summed E-state index contributed by atoms with van der Waals surface area (Å²) in [4.78, 5) is 11.9. The van der Waals surface area contributed by atoms with Gasteiger partial charge in [-0.15, -0.1) is 0 Å². The number of carbonyl (C=O) groups excluding carboxylic acids is 1. The summed E-state index contributed by atoms with van der Waals surface area (Å²) in [5.74, 6) is -0.367. The molecule has 0 spiro atoms. The third kappa shape index (κ3) is 8.03. The van der Waals surface area contributed by atoms with E-state index in [1.165, 1.54) is 63.3 Å². The average Bonchev–Trinajstić information content (AvgIpc) is 3.16. The summed E-state index contributed by atoms with van der Waals surface area (Å²) in [7, 11) is 0. The molecule has 1 amide bonds. The van der Waals surface area contributed by atoms with Gasteiger partial charge in [0.05, 0.1) is 18.1 Å². The van der Waals surface area contributed by atoms with E-state index in [1.54, 1.807) is 18.3 Å². The molecule has 1 aromatic carbocycles. The number of rotatable bonds is 13. The van der Waals surface area contributed by atoms with Gasteiger partial charge in [-0.25, -0.2) is 9.82 Å². The van der Waals surface area contributed by atoms with Crippen molar-refractivity contribution in [3.63, 3.8) is 0 Å². The van der Waals surface area contributed by atoms with Crippen molar-refractivity contribution in [1.82, 2.24) is 15.6 Å².